The Hall–Kier alpha value is -3.52. The van der Waals surface area contributed by atoms with Crippen LogP contribution in [0.2, 0.25) is 0 Å². The van der Waals surface area contributed by atoms with Crippen molar-refractivity contribution in [2.45, 2.75) is 43.7 Å². The normalized spacial score (nSPS) is 28.5. The topological polar surface area (TPSA) is 73.9 Å². The number of carbonyl (C=O) groups excluding carboxylic acids is 1. The number of fused-ring (bicyclic) bond motifs is 2. The monoisotopic (exact) mass is 525 g/mol. The van der Waals surface area contributed by atoms with Gasteiger partial charge in [-0.15, -0.1) is 0 Å². The van der Waals surface area contributed by atoms with Crippen molar-refractivity contribution in [1.82, 2.24) is 19.8 Å². The van der Waals surface area contributed by atoms with Crippen molar-refractivity contribution in [3.8, 4) is 11.5 Å². The van der Waals surface area contributed by atoms with Gasteiger partial charge in [-0.25, -0.2) is 4.98 Å². The SMILES string of the molecule is COc1ccc2c3c1O[C@H]1c4[nH]c(C(=O)N5CCN(c6ccccn6)CC5)c(C)c4CC4[C@@H](C2)N(C)CC[C@@]341. The number of hydrogen-bond donors (Lipinski definition) is 1. The number of amides is 1. The van der Waals surface area contributed by atoms with E-state index in [-0.39, 0.29) is 17.4 Å². The number of benzene rings is 1. The maximum Gasteiger partial charge on any atom is 0.270 e. The van der Waals surface area contributed by atoms with Crippen LogP contribution in [0.25, 0.3) is 0 Å². The Morgan fingerprint density at radius 2 is 1.97 bits per heavy atom. The number of likely N-dealkylation sites (N-methyl/N-ethyl adjacent to an activating group) is 1. The molecule has 202 valence electrons. The van der Waals surface area contributed by atoms with E-state index in [0.717, 1.165) is 73.2 Å². The number of likely N-dealkylation sites (tertiary alicyclic amines) is 1. The van der Waals surface area contributed by atoms with E-state index < -0.39 is 0 Å². The fourth-order valence-corrected chi connectivity index (χ4v) is 8.49. The van der Waals surface area contributed by atoms with Crippen LogP contribution in [0.5, 0.6) is 11.5 Å². The van der Waals surface area contributed by atoms with Crippen molar-refractivity contribution in [3.05, 3.63) is 70.2 Å². The number of aromatic amines is 1. The van der Waals surface area contributed by atoms with Crippen LogP contribution in [0, 0.1) is 12.8 Å². The van der Waals surface area contributed by atoms with Gasteiger partial charge < -0.3 is 29.2 Å². The van der Waals surface area contributed by atoms with Crippen LogP contribution in [0.1, 0.15) is 51.0 Å². The summed E-state index contributed by atoms with van der Waals surface area (Å²) in [5.41, 5.74) is 6.91. The zero-order valence-electron chi connectivity index (χ0n) is 22.9. The van der Waals surface area contributed by atoms with Gasteiger partial charge in [0.1, 0.15) is 17.6 Å². The summed E-state index contributed by atoms with van der Waals surface area (Å²) in [5, 5.41) is 0. The predicted octanol–water partition coefficient (Wildman–Crippen LogP) is 3.49. The number of methoxy groups -OCH3 is 1. The van der Waals surface area contributed by atoms with E-state index in [0.29, 0.717) is 25.0 Å². The molecule has 0 saturated carbocycles. The standard InChI is InChI=1S/C31H35N5O3/c1-18-20-17-21-22-16-19-7-8-23(38-3)28-25(19)31(21,9-11-34(22)2)29(39-28)27(20)33-26(18)30(37)36-14-12-35(13-15-36)24-6-4-5-10-32-24/h4-8,10,21-22,29,33H,9,11-17H2,1-3H3/t21?,22-,29+,31+/m1/s1. The van der Waals surface area contributed by atoms with Crippen LogP contribution >= 0.6 is 0 Å². The van der Waals surface area contributed by atoms with E-state index in [1.165, 1.54) is 16.7 Å². The minimum Gasteiger partial charge on any atom is -0.493 e. The van der Waals surface area contributed by atoms with Gasteiger partial charge in [0.15, 0.2) is 11.5 Å². The van der Waals surface area contributed by atoms with Crippen LogP contribution in [0.15, 0.2) is 36.5 Å². The fraction of sp³-hybridized carbons (Fsp3) is 0.484. The number of ether oxygens (including phenoxy) is 2. The molecule has 3 aromatic rings. The summed E-state index contributed by atoms with van der Waals surface area (Å²) in [6.45, 7) is 6.11. The van der Waals surface area contributed by atoms with Crippen LogP contribution < -0.4 is 14.4 Å². The molecular weight excluding hydrogens is 490 g/mol. The molecule has 8 rings (SSSR count). The van der Waals surface area contributed by atoms with Gasteiger partial charge in [0, 0.05) is 49.4 Å². The number of aromatic nitrogens is 2. The zero-order chi connectivity index (χ0) is 26.5. The number of pyridine rings is 1. The number of carbonyl (C=O) groups is 1. The Morgan fingerprint density at radius 3 is 2.74 bits per heavy atom. The first-order valence-corrected chi connectivity index (χ1v) is 14.2. The average molecular weight is 526 g/mol. The number of piperazine rings is 1. The summed E-state index contributed by atoms with van der Waals surface area (Å²) >= 11 is 0. The first kappa shape index (κ1) is 23.4. The van der Waals surface area contributed by atoms with Crippen molar-refractivity contribution in [2.75, 3.05) is 51.8 Å². The zero-order valence-corrected chi connectivity index (χ0v) is 22.9. The van der Waals surface area contributed by atoms with Crippen LogP contribution in [-0.4, -0.2) is 78.6 Å². The van der Waals surface area contributed by atoms with E-state index in [1.54, 1.807) is 7.11 Å². The minimum absolute atomic E-state index is 0.0758. The molecule has 3 aliphatic heterocycles. The van der Waals surface area contributed by atoms with E-state index in [1.807, 2.05) is 29.3 Å². The molecule has 1 aromatic carbocycles. The van der Waals surface area contributed by atoms with Gasteiger partial charge in [0.2, 0.25) is 0 Å². The van der Waals surface area contributed by atoms with E-state index >= 15 is 0 Å². The molecule has 5 heterocycles. The van der Waals surface area contributed by atoms with E-state index in [4.69, 9.17) is 9.47 Å². The molecule has 1 N–H and O–H groups in total. The highest BCUT2D eigenvalue weighted by Gasteiger charge is 2.65. The third-order valence-corrected chi connectivity index (χ3v) is 10.4. The van der Waals surface area contributed by atoms with Crippen molar-refractivity contribution in [1.29, 1.82) is 0 Å². The number of rotatable bonds is 3. The summed E-state index contributed by atoms with van der Waals surface area (Å²) in [6, 6.07) is 10.8. The average Bonchev–Trinajstić information content (AvgIpc) is 3.49. The van der Waals surface area contributed by atoms with Gasteiger partial charge >= 0.3 is 0 Å². The quantitative estimate of drug-likeness (QED) is 0.565. The molecular formula is C31H35N5O3. The lowest BCUT2D eigenvalue weighted by atomic mass is 9.51. The lowest BCUT2D eigenvalue weighted by Gasteiger charge is -2.57. The molecule has 2 fully saturated rings. The maximum atomic E-state index is 13.9. The number of nitrogens with one attached hydrogen (secondary N) is 1. The van der Waals surface area contributed by atoms with Gasteiger partial charge in [0.25, 0.3) is 5.91 Å². The largest absolute Gasteiger partial charge is 0.493 e. The lowest BCUT2D eigenvalue weighted by Crippen LogP contribution is -2.62. The number of H-pyrrole nitrogens is 1. The Bertz CT molecular complexity index is 1480. The molecule has 2 aromatic heterocycles. The van der Waals surface area contributed by atoms with Crippen molar-refractivity contribution in [2.24, 2.45) is 5.92 Å². The van der Waals surface area contributed by atoms with E-state index in [9.17, 15) is 4.79 Å². The molecule has 39 heavy (non-hydrogen) atoms. The Morgan fingerprint density at radius 1 is 1.13 bits per heavy atom. The van der Waals surface area contributed by atoms with Crippen LogP contribution in [-0.2, 0) is 18.3 Å². The molecule has 1 amide bonds. The van der Waals surface area contributed by atoms with Gasteiger partial charge in [-0.1, -0.05) is 12.1 Å². The predicted molar refractivity (Wildman–Crippen MR) is 148 cm³/mol. The molecule has 8 heteroatoms. The van der Waals surface area contributed by atoms with Gasteiger partial charge in [-0.05, 0) is 80.6 Å². The first-order chi connectivity index (χ1) is 19.0. The second kappa shape index (κ2) is 8.24. The summed E-state index contributed by atoms with van der Waals surface area (Å²) in [4.78, 5) is 28.9. The van der Waals surface area contributed by atoms with Gasteiger partial charge in [0.05, 0.1) is 12.8 Å². The van der Waals surface area contributed by atoms with Crippen LogP contribution in [0.4, 0.5) is 5.82 Å². The number of piperidine rings is 1. The Kier molecular flexibility index (Phi) is 4.94. The van der Waals surface area contributed by atoms with E-state index in [2.05, 4.69) is 45.9 Å². The Balaban J connectivity index is 1.15. The number of nitrogens with zero attached hydrogens (tertiary/aromatic N) is 4. The third-order valence-electron chi connectivity index (χ3n) is 10.4. The Labute approximate surface area is 228 Å². The first-order valence-electron chi connectivity index (χ1n) is 14.2. The van der Waals surface area contributed by atoms with Crippen molar-refractivity contribution < 1.29 is 14.3 Å². The maximum absolute atomic E-state index is 13.9. The van der Waals surface area contributed by atoms with Gasteiger partial charge in [-0.2, -0.15) is 0 Å². The second-order valence-electron chi connectivity index (χ2n) is 12.0. The molecule has 2 saturated heterocycles. The molecule has 5 aliphatic rings. The molecule has 1 spiro atoms. The lowest BCUT2D eigenvalue weighted by molar-refractivity contribution is -0.0256. The second-order valence-corrected chi connectivity index (χ2v) is 12.0. The van der Waals surface area contributed by atoms with Gasteiger partial charge in [-0.3, -0.25) is 4.79 Å². The summed E-state index contributed by atoms with van der Waals surface area (Å²) < 4.78 is 12.7. The van der Waals surface area contributed by atoms with Crippen LogP contribution in [0.3, 0.4) is 0 Å². The molecule has 0 radical (unpaired) electrons. The summed E-state index contributed by atoms with van der Waals surface area (Å²) in [7, 11) is 4.00. The molecule has 2 bridgehead atoms. The number of hydrogen-bond acceptors (Lipinski definition) is 6. The smallest absolute Gasteiger partial charge is 0.270 e. The van der Waals surface area contributed by atoms with Crippen molar-refractivity contribution >= 4 is 11.7 Å². The number of anilines is 1. The molecule has 1 unspecified atom stereocenters. The highest BCUT2D eigenvalue weighted by Crippen LogP contribution is 2.67. The highest BCUT2D eigenvalue weighted by molar-refractivity contribution is 5.95. The molecule has 8 nitrogen and oxygen atoms in total. The minimum atomic E-state index is -0.117. The third kappa shape index (κ3) is 3.03. The summed E-state index contributed by atoms with van der Waals surface area (Å²) in [6.07, 6.45) is 4.78. The molecule has 2 aliphatic carbocycles. The fourth-order valence-electron chi connectivity index (χ4n) is 8.49. The molecule has 4 atom stereocenters. The highest BCUT2D eigenvalue weighted by atomic mass is 16.5. The van der Waals surface area contributed by atoms with Crippen molar-refractivity contribution in [3.63, 3.8) is 0 Å². The summed E-state index contributed by atoms with van der Waals surface area (Å²) in [5.74, 6) is 3.26.